The van der Waals surface area contributed by atoms with E-state index in [4.69, 9.17) is 4.74 Å². The SMILES string of the molecule is CCCOc1ccc(C(=O)Nc2ccccc2SCC)cc1. The van der Waals surface area contributed by atoms with Gasteiger partial charge in [-0.25, -0.2) is 0 Å². The number of thioether (sulfide) groups is 1. The van der Waals surface area contributed by atoms with Crippen molar-refractivity contribution in [2.45, 2.75) is 25.2 Å². The van der Waals surface area contributed by atoms with E-state index in [9.17, 15) is 4.79 Å². The predicted octanol–water partition coefficient (Wildman–Crippen LogP) is 4.84. The Balaban J connectivity index is 2.06. The van der Waals surface area contributed by atoms with Crippen LogP contribution in [0, 0.1) is 0 Å². The van der Waals surface area contributed by atoms with Crippen LogP contribution in [0.4, 0.5) is 5.69 Å². The zero-order chi connectivity index (χ0) is 15.8. The average Bonchev–Trinajstić information content (AvgIpc) is 2.55. The van der Waals surface area contributed by atoms with Crippen molar-refractivity contribution in [3.05, 3.63) is 54.1 Å². The van der Waals surface area contributed by atoms with E-state index >= 15 is 0 Å². The van der Waals surface area contributed by atoms with Gasteiger partial charge in [-0.2, -0.15) is 0 Å². The van der Waals surface area contributed by atoms with E-state index in [-0.39, 0.29) is 5.91 Å². The minimum Gasteiger partial charge on any atom is -0.494 e. The first-order chi connectivity index (χ1) is 10.7. The number of rotatable bonds is 7. The van der Waals surface area contributed by atoms with E-state index in [1.165, 1.54) is 0 Å². The van der Waals surface area contributed by atoms with Crippen LogP contribution in [0.15, 0.2) is 53.4 Å². The Kier molecular flexibility index (Phi) is 6.34. The molecule has 0 unspecified atom stereocenters. The van der Waals surface area contributed by atoms with E-state index < -0.39 is 0 Å². The molecule has 22 heavy (non-hydrogen) atoms. The topological polar surface area (TPSA) is 38.3 Å². The maximum atomic E-state index is 12.3. The van der Waals surface area contributed by atoms with Crippen LogP contribution in [-0.2, 0) is 0 Å². The van der Waals surface area contributed by atoms with Crippen LogP contribution in [0.5, 0.6) is 5.75 Å². The van der Waals surface area contributed by atoms with Gasteiger partial charge in [0.15, 0.2) is 0 Å². The predicted molar refractivity (Wildman–Crippen MR) is 93.0 cm³/mol. The lowest BCUT2D eigenvalue weighted by atomic mass is 10.2. The summed E-state index contributed by atoms with van der Waals surface area (Å²) in [5, 5.41) is 2.97. The van der Waals surface area contributed by atoms with Crippen LogP contribution in [-0.4, -0.2) is 18.3 Å². The first kappa shape index (κ1) is 16.4. The zero-order valence-electron chi connectivity index (χ0n) is 13.0. The van der Waals surface area contributed by atoms with E-state index in [2.05, 4.69) is 19.2 Å². The fourth-order valence-electron chi connectivity index (χ4n) is 1.97. The van der Waals surface area contributed by atoms with Crippen LogP contribution >= 0.6 is 11.8 Å². The third kappa shape index (κ3) is 4.53. The number of anilines is 1. The van der Waals surface area contributed by atoms with Crippen LogP contribution < -0.4 is 10.1 Å². The number of amides is 1. The lowest BCUT2D eigenvalue weighted by Gasteiger charge is -2.10. The summed E-state index contributed by atoms with van der Waals surface area (Å²) in [6.45, 7) is 4.85. The summed E-state index contributed by atoms with van der Waals surface area (Å²) in [6, 6.07) is 15.1. The second kappa shape index (κ2) is 8.49. The summed E-state index contributed by atoms with van der Waals surface area (Å²) < 4.78 is 5.52. The number of nitrogens with one attached hydrogen (secondary N) is 1. The number of carbonyl (C=O) groups excluding carboxylic acids is 1. The molecule has 0 saturated heterocycles. The first-order valence-corrected chi connectivity index (χ1v) is 8.49. The molecule has 4 heteroatoms. The maximum Gasteiger partial charge on any atom is 0.255 e. The van der Waals surface area contributed by atoms with Crippen LogP contribution in [0.25, 0.3) is 0 Å². The van der Waals surface area contributed by atoms with Crippen molar-refractivity contribution in [3.8, 4) is 5.75 Å². The van der Waals surface area contributed by atoms with Crippen molar-refractivity contribution in [2.75, 3.05) is 17.7 Å². The summed E-state index contributed by atoms with van der Waals surface area (Å²) in [7, 11) is 0. The van der Waals surface area contributed by atoms with Crippen molar-refractivity contribution < 1.29 is 9.53 Å². The molecular formula is C18H21NO2S. The molecule has 116 valence electrons. The largest absolute Gasteiger partial charge is 0.494 e. The van der Waals surface area contributed by atoms with Crippen molar-refractivity contribution in [1.82, 2.24) is 0 Å². The van der Waals surface area contributed by atoms with Crippen LogP contribution in [0.1, 0.15) is 30.6 Å². The molecule has 2 rings (SSSR count). The monoisotopic (exact) mass is 315 g/mol. The van der Waals surface area contributed by atoms with Gasteiger partial charge in [-0.05, 0) is 48.6 Å². The molecule has 0 spiro atoms. The van der Waals surface area contributed by atoms with Gasteiger partial charge in [0, 0.05) is 10.5 Å². The molecule has 0 fully saturated rings. The molecule has 2 aromatic rings. The summed E-state index contributed by atoms with van der Waals surface area (Å²) in [5.41, 5.74) is 1.48. The Morgan fingerprint density at radius 2 is 1.82 bits per heavy atom. The number of benzene rings is 2. The van der Waals surface area contributed by atoms with Gasteiger partial charge in [-0.15, -0.1) is 11.8 Å². The molecule has 0 atom stereocenters. The molecule has 1 amide bonds. The molecular weight excluding hydrogens is 294 g/mol. The molecule has 0 bridgehead atoms. The summed E-state index contributed by atoms with van der Waals surface area (Å²) in [4.78, 5) is 13.4. The van der Waals surface area contributed by atoms with E-state index in [1.54, 1.807) is 23.9 Å². The van der Waals surface area contributed by atoms with Gasteiger partial charge in [0.2, 0.25) is 0 Å². The zero-order valence-corrected chi connectivity index (χ0v) is 13.8. The Morgan fingerprint density at radius 1 is 1.09 bits per heavy atom. The van der Waals surface area contributed by atoms with Crippen molar-refractivity contribution in [3.63, 3.8) is 0 Å². The van der Waals surface area contributed by atoms with Crippen LogP contribution in [0.2, 0.25) is 0 Å². The number of hydrogen-bond acceptors (Lipinski definition) is 3. The molecule has 0 aliphatic heterocycles. The number of para-hydroxylation sites is 1. The second-order valence-electron chi connectivity index (χ2n) is 4.76. The minimum atomic E-state index is -0.105. The number of carbonyl (C=O) groups is 1. The molecule has 0 aliphatic carbocycles. The Hall–Kier alpha value is -1.94. The van der Waals surface area contributed by atoms with Gasteiger partial charge < -0.3 is 10.1 Å². The highest BCUT2D eigenvalue weighted by Crippen LogP contribution is 2.27. The Labute approximate surface area is 136 Å². The Bertz CT molecular complexity index is 611. The molecule has 0 heterocycles. The quantitative estimate of drug-likeness (QED) is 0.743. The number of hydrogen-bond donors (Lipinski definition) is 1. The normalized spacial score (nSPS) is 10.3. The van der Waals surface area contributed by atoms with Crippen molar-refractivity contribution in [1.29, 1.82) is 0 Å². The van der Waals surface area contributed by atoms with E-state index in [0.29, 0.717) is 12.2 Å². The van der Waals surface area contributed by atoms with Crippen LogP contribution in [0.3, 0.4) is 0 Å². The van der Waals surface area contributed by atoms with Gasteiger partial charge in [0.25, 0.3) is 5.91 Å². The third-order valence-corrected chi connectivity index (χ3v) is 3.98. The molecule has 3 nitrogen and oxygen atoms in total. The molecule has 0 aromatic heterocycles. The Morgan fingerprint density at radius 3 is 2.50 bits per heavy atom. The average molecular weight is 315 g/mol. The highest BCUT2D eigenvalue weighted by molar-refractivity contribution is 7.99. The van der Waals surface area contributed by atoms with E-state index in [1.807, 2.05) is 36.4 Å². The second-order valence-corrected chi connectivity index (χ2v) is 6.06. The summed E-state index contributed by atoms with van der Waals surface area (Å²) >= 11 is 1.72. The standard InChI is InChI=1S/C18H21NO2S/c1-3-13-21-15-11-9-14(10-12-15)18(20)19-16-7-5-6-8-17(16)22-4-2/h5-12H,3-4,13H2,1-2H3,(H,19,20). The molecule has 0 saturated carbocycles. The van der Waals surface area contributed by atoms with Gasteiger partial charge in [0.1, 0.15) is 5.75 Å². The smallest absolute Gasteiger partial charge is 0.255 e. The summed E-state index contributed by atoms with van der Waals surface area (Å²) in [6.07, 6.45) is 0.966. The molecule has 0 aliphatic rings. The first-order valence-electron chi connectivity index (χ1n) is 7.50. The summed E-state index contributed by atoms with van der Waals surface area (Å²) in [5.74, 6) is 1.66. The van der Waals surface area contributed by atoms with Gasteiger partial charge in [-0.3, -0.25) is 4.79 Å². The number of ether oxygens (including phenoxy) is 1. The van der Waals surface area contributed by atoms with E-state index in [0.717, 1.165) is 28.5 Å². The maximum absolute atomic E-state index is 12.3. The highest BCUT2D eigenvalue weighted by atomic mass is 32.2. The fourth-order valence-corrected chi connectivity index (χ4v) is 2.73. The van der Waals surface area contributed by atoms with Crippen molar-refractivity contribution in [2.24, 2.45) is 0 Å². The van der Waals surface area contributed by atoms with Gasteiger partial charge in [-0.1, -0.05) is 26.0 Å². The highest BCUT2D eigenvalue weighted by Gasteiger charge is 2.09. The lowest BCUT2D eigenvalue weighted by molar-refractivity contribution is 0.102. The lowest BCUT2D eigenvalue weighted by Crippen LogP contribution is -2.12. The van der Waals surface area contributed by atoms with Gasteiger partial charge in [0.05, 0.1) is 12.3 Å². The minimum absolute atomic E-state index is 0.105. The molecule has 1 N–H and O–H groups in total. The van der Waals surface area contributed by atoms with Crippen molar-refractivity contribution >= 4 is 23.4 Å². The fraction of sp³-hybridized carbons (Fsp3) is 0.278. The molecule has 0 radical (unpaired) electrons. The third-order valence-electron chi connectivity index (χ3n) is 3.02. The van der Waals surface area contributed by atoms with Gasteiger partial charge >= 0.3 is 0 Å². The molecule has 2 aromatic carbocycles.